The van der Waals surface area contributed by atoms with Crippen LogP contribution < -0.4 is 26.4 Å². The molecule has 1 atom stereocenters. The molecule has 1 aliphatic carbocycles. The zero-order valence-corrected chi connectivity index (χ0v) is 38.5. The Morgan fingerprint density at radius 2 is 1.67 bits per heavy atom. The van der Waals surface area contributed by atoms with E-state index in [4.69, 9.17) is 27.8 Å². The van der Waals surface area contributed by atoms with Gasteiger partial charge in [-0.1, -0.05) is 11.6 Å². The summed E-state index contributed by atoms with van der Waals surface area (Å²) in [7, 11) is 1.63. The van der Waals surface area contributed by atoms with E-state index in [9.17, 15) is 32.3 Å². The number of aldehydes is 1. The molecule has 354 valence electrons. The van der Waals surface area contributed by atoms with Crippen molar-refractivity contribution in [2.75, 3.05) is 75.4 Å². The number of halogens is 4. The second-order valence-corrected chi connectivity index (χ2v) is 18.2. The SMILES string of the molecule is COc1cc2nc(C)nc(N[C@H](C)c3cc(N)cc(C(F)(F)F)c3)c2cc1C1CCC(C(=O)N2CCN(CCC3CCN(C(=O)c4ccc(Cl)c(N(CCC=O)C(N)=O)c4)CC3)CC2)CC1. The van der Waals surface area contributed by atoms with Gasteiger partial charge >= 0.3 is 12.2 Å². The molecule has 3 heterocycles. The number of nitrogens with two attached hydrogens (primary N) is 2. The number of nitrogen functional groups attached to an aromatic ring is 1. The lowest BCUT2D eigenvalue weighted by Gasteiger charge is -2.39. The van der Waals surface area contributed by atoms with Crippen molar-refractivity contribution in [1.29, 1.82) is 0 Å². The van der Waals surface area contributed by atoms with Crippen LogP contribution in [0.5, 0.6) is 5.75 Å². The Bertz CT molecular complexity index is 2420. The van der Waals surface area contributed by atoms with Crippen molar-refractivity contribution < 1.29 is 37.1 Å². The zero-order valence-electron chi connectivity index (χ0n) is 37.7. The molecule has 3 aliphatic rings. The Balaban J connectivity index is 0.885. The van der Waals surface area contributed by atoms with Crippen LogP contribution in [0.4, 0.5) is 35.2 Å². The third kappa shape index (κ3) is 11.3. The second kappa shape index (κ2) is 20.9. The quantitative estimate of drug-likeness (QED) is 0.0824. The molecule has 7 rings (SSSR count). The summed E-state index contributed by atoms with van der Waals surface area (Å²) in [5.41, 5.74) is 13.4. The van der Waals surface area contributed by atoms with Crippen molar-refractivity contribution in [3.63, 3.8) is 0 Å². The summed E-state index contributed by atoms with van der Waals surface area (Å²) in [5.74, 6) is 2.33. The molecule has 0 radical (unpaired) electrons. The van der Waals surface area contributed by atoms with Crippen LogP contribution in [0.15, 0.2) is 48.5 Å². The van der Waals surface area contributed by atoms with Crippen LogP contribution in [-0.4, -0.2) is 108 Å². The maximum Gasteiger partial charge on any atom is 0.416 e. The van der Waals surface area contributed by atoms with E-state index in [2.05, 4.69) is 20.2 Å². The molecule has 14 nitrogen and oxygen atoms in total. The van der Waals surface area contributed by atoms with Gasteiger partial charge in [0.05, 0.1) is 34.9 Å². The Morgan fingerprint density at radius 1 is 0.955 bits per heavy atom. The number of piperazine rings is 1. The van der Waals surface area contributed by atoms with E-state index in [0.29, 0.717) is 78.1 Å². The van der Waals surface area contributed by atoms with Gasteiger partial charge in [-0.25, -0.2) is 14.8 Å². The van der Waals surface area contributed by atoms with Gasteiger partial charge in [-0.2, -0.15) is 13.2 Å². The van der Waals surface area contributed by atoms with Gasteiger partial charge in [-0.15, -0.1) is 0 Å². The van der Waals surface area contributed by atoms with E-state index in [1.165, 1.54) is 11.0 Å². The number of fused-ring (bicyclic) bond motifs is 1. The van der Waals surface area contributed by atoms with Crippen molar-refractivity contribution in [3.8, 4) is 5.75 Å². The molecule has 1 saturated carbocycles. The Morgan fingerprint density at radius 3 is 2.32 bits per heavy atom. The van der Waals surface area contributed by atoms with E-state index >= 15 is 0 Å². The summed E-state index contributed by atoms with van der Waals surface area (Å²) in [5, 5.41) is 4.32. The number of carbonyl (C=O) groups is 4. The topological polar surface area (TPSA) is 180 Å². The molecule has 0 unspecified atom stereocenters. The summed E-state index contributed by atoms with van der Waals surface area (Å²) < 4.78 is 46.7. The van der Waals surface area contributed by atoms with Gasteiger partial charge in [0, 0.05) is 80.9 Å². The number of primary amides is 1. The van der Waals surface area contributed by atoms with E-state index in [1.54, 1.807) is 39.2 Å². The van der Waals surface area contributed by atoms with Gasteiger partial charge in [0.2, 0.25) is 5.91 Å². The number of nitrogens with zero attached hydrogens (tertiary/aromatic N) is 6. The number of aromatic nitrogens is 2. The highest BCUT2D eigenvalue weighted by atomic mass is 35.5. The van der Waals surface area contributed by atoms with Crippen molar-refractivity contribution >= 4 is 63.8 Å². The summed E-state index contributed by atoms with van der Waals surface area (Å²) in [6.45, 7) is 8.80. The minimum absolute atomic E-state index is 0.0253. The highest BCUT2D eigenvalue weighted by molar-refractivity contribution is 6.34. The number of piperidine rings is 1. The van der Waals surface area contributed by atoms with Gasteiger partial charge in [-0.3, -0.25) is 19.4 Å². The molecule has 2 saturated heterocycles. The summed E-state index contributed by atoms with van der Waals surface area (Å²) in [6.07, 6.45) is 2.14. The number of likely N-dealkylation sites (tertiary alicyclic amines) is 1. The molecule has 2 aliphatic heterocycles. The van der Waals surface area contributed by atoms with Crippen molar-refractivity contribution in [2.24, 2.45) is 17.6 Å². The highest BCUT2D eigenvalue weighted by Gasteiger charge is 2.34. The van der Waals surface area contributed by atoms with Gasteiger partial charge in [0.15, 0.2) is 0 Å². The second-order valence-electron chi connectivity index (χ2n) is 17.8. The van der Waals surface area contributed by atoms with Gasteiger partial charge < -0.3 is 36.1 Å². The molecule has 3 fully saturated rings. The summed E-state index contributed by atoms with van der Waals surface area (Å²) in [6, 6.07) is 10.9. The molecule has 66 heavy (non-hydrogen) atoms. The smallest absolute Gasteiger partial charge is 0.416 e. The number of methoxy groups -OCH3 is 1. The first kappa shape index (κ1) is 48.3. The lowest BCUT2D eigenvalue weighted by molar-refractivity contribution is -0.139. The number of carbonyl (C=O) groups excluding carboxylic acids is 4. The molecular formula is C48H59ClF3N9O5. The molecule has 5 N–H and O–H groups in total. The summed E-state index contributed by atoms with van der Waals surface area (Å²) in [4.78, 5) is 67.1. The molecule has 1 aromatic heterocycles. The lowest BCUT2D eigenvalue weighted by Crippen LogP contribution is -2.51. The molecule has 4 amide bonds. The normalized spacial score (nSPS) is 19.1. The van der Waals surface area contributed by atoms with E-state index in [0.717, 1.165) is 87.7 Å². The van der Waals surface area contributed by atoms with Crippen LogP contribution in [0.3, 0.4) is 0 Å². The molecule has 4 aromatic rings. The van der Waals surface area contributed by atoms with E-state index in [1.807, 2.05) is 21.9 Å². The van der Waals surface area contributed by atoms with Crippen molar-refractivity contribution in [1.82, 2.24) is 24.7 Å². The Hall–Kier alpha value is -5.68. The zero-order chi connectivity index (χ0) is 47.3. The first-order valence-electron chi connectivity index (χ1n) is 22.7. The predicted molar refractivity (Wildman–Crippen MR) is 249 cm³/mol. The van der Waals surface area contributed by atoms with Crippen LogP contribution in [0, 0.1) is 18.8 Å². The average Bonchev–Trinajstić information content (AvgIpc) is 3.30. The minimum Gasteiger partial charge on any atom is -0.496 e. The maximum absolute atomic E-state index is 13.8. The van der Waals surface area contributed by atoms with Crippen LogP contribution in [0.25, 0.3) is 10.9 Å². The van der Waals surface area contributed by atoms with Gasteiger partial charge in [-0.05, 0) is 131 Å². The van der Waals surface area contributed by atoms with E-state index in [-0.39, 0.29) is 47.3 Å². The van der Waals surface area contributed by atoms with Crippen LogP contribution in [-0.2, 0) is 15.8 Å². The Kier molecular flexibility index (Phi) is 15.3. The van der Waals surface area contributed by atoms with Crippen molar-refractivity contribution in [3.05, 3.63) is 81.6 Å². The molecule has 0 spiro atoms. The van der Waals surface area contributed by atoms with Gasteiger partial charge in [0.25, 0.3) is 5.91 Å². The monoisotopic (exact) mass is 933 g/mol. The minimum atomic E-state index is -4.53. The number of hydrogen-bond donors (Lipinski definition) is 3. The van der Waals surface area contributed by atoms with Crippen LogP contribution >= 0.6 is 11.6 Å². The number of amides is 4. The highest BCUT2D eigenvalue weighted by Crippen LogP contribution is 2.43. The number of benzene rings is 3. The number of nitrogens with one attached hydrogen (secondary N) is 1. The maximum atomic E-state index is 13.8. The fourth-order valence-electron chi connectivity index (χ4n) is 9.73. The number of ether oxygens (including phenoxy) is 1. The third-order valence-electron chi connectivity index (χ3n) is 13.5. The lowest BCUT2D eigenvalue weighted by atomic mass is 9.77. The van der Waals surface area contributed by atoms with Gasteiger partial charge in [0.1, 0.15) is 23.7 Å². The molecule has 0 bridgehead atoms. The fourth-order valence-corrected chi connectivity index (χ4v) is 9.95. The number of anilines is 3. The number of urea groups is 1. The third-order valence-corrected chi connectivity index (χ3v) is 13.8. The number of aryl methyl sites for hydroxylation is 1. The summed E-state index contributed by atoms with van der Waals surface area (Å²) >= 11 is 6.36. The van der Waals surface area contributed by atoms with Crippen LogP contribution in [0.1, 0.15) is 103 Å². The Labute approximate surface area is 388 Å². The number of hydrogen-bond acceptors (Lipinski definition) is 10. The number of alkyl halides is 3. The first-order valence-corrected chi connectivity index (χ1v) is 23.1. The predicted octanol–water partition coefficient (Wildman–Crippen LogP) is 8.21. The molecule has 18 heteroatoms. The standard InChI is InChI=1S/C48H59ClF3N9O5/c1-29(35-23-36(48(50,51)52)26-37(53)24-35)55-44-39-27-38(43(66-3)28-41(39)56-30(2)57-44)32-5-7-33(8-6-32)45(63)60-20-18-58(19-21-60)15-11-31-12-16-59(17-13-31)46(64)34-9-10-40(49)42(25-34)61(47(54)65)14-4-22-62/h9-10,22-29,31-33H,4-8,11-21,53H2,1-3H3,(H2,54,65)(H,55,56,57)/t29-,32?,33?/m1/s1. The molecule has 3 aromatic carbocycles. The van der Waals surface area contributed by atoms with Crippen LogP contribution in [0.2, 0.25) is 5.02 Å². The average molecular weight is 935 g/mol. The van der Waals surface area contributed by atoms with E-state index < -0.39 is 23.8 Å². The number of rotatable bonds is 14. The first-order chi connectivity index (χ1) is 31.5. The van der Waals surface area contributed by atoms with Crippen molar-refractivity contribution in [2.45, 2.75) is 83.4 Å². The molecular weight excluding hydrogens is 875 g/mol. The largest absolute Gasteiger partial charge is 0.496 e. The fraction of sp³-hybridized carbons (Fsp3) is 0.500.